The third-order valence-corrected chi connectivity index (χ3v) is 2.21. The zero-order chi connectivity index (χ0) is 8.72. The maximum absolute atomic E-state index is 11.0. The average molecular weight is 229 g/mol. The van der Waals surface area contributed by atoms with Crippen LogP contribution in [0.3, 0.4) is 0 Å². The van der Waals surface area contributed by atoms with Crippen LogP contribution in [0.5, 0.6) is 0 Å². The SMILES string of the molecule is O=C1O[C@@H](O)c2ccc(Br)cc21. The number of ether oxygens (including phenoxy) is 1. The number of esters is 1. The zero-order valence-electron chi connectivity index (χ0n) is 5.95. The summed E-state index contributed by atoms with van der Waals surface area (Å²) >= 11 is 3.22. The van der Waals surface area contributed by atoms with Crippen LogP contribution in [0.2, 0.25) is 0 Å². The molecule has 1 N–H and O–H groups in total. The smallest absolute Gasteiger partial charge is 0.341 e. The highest BCUT2D eigenvalue weighted by Gasteiger charge is 2.28. The Labute approximate surface area is 77.1 Å². The molecule has 0 radical (unpaired) electrons. The highest BCUT2D eigenvalue weighted by atomic mass is 79.9. The molecule has 12 heavy (non-hydrogen) atoms. The molecule has 4 heteroatoms. The molecule has 62 valence electrons. The van der Waals surface area contributed by atoms with Crippen LogP contribution in [0.1, 0.15) is 22.2 Å². The van der Waals surface area contributed by atoms with Gasteiger partial charge in [-0.3, -0.25) is 0 Å². The van der Waals surface area contributed by atoms with Gasteiger partial charge in [0.25, 0.3) is 0 Å². The Kier molecular flexibility index (Phi) is 1.66. The molecule has 0 fully saturated rings. The van der Waals surface area contributed by atoms with E-state index in [4.69, 9.17) is 0 Å². The second-order valence-corrected chi connectivity index (χ2v) is 3.40. The van der Waals surface area contributed by atoms with Crippen LogP contribution in [-0.4, -0.2) is 11.1 Å². The van der Waals surface area contributed by atoms with Gasteiger partial charge in [-0.2, -0.15) is 0 Å². The first-order valence-electron chi connectivity index (χ1n) is 3.37. The minimum Gasteiger partial charge on any atom is -0.428 e. The summed E-state index contributed by atoms with van der Waals surface area (Å²) in [4.78, 5) is 11.0. The molecule has 0 saturated carbocycles. The lowest BCUT2D eigenvalue weighted by atomic mass is 10.1. The molecule has 0 amide bonds. The van der Waals surface area contributed by atoms with Crippen LogP contribution in [-0.2, 0) is 4.74 Å². The molecule has 0 saturated heterocycles. The van der Waals surface area contributed by atoms with Crippen LogP contribution in [0.25, 0.3) is 0 Å². The Bertz CT molecular complexity index is 348. The summed E-state index contributed by atoms with van der Waals surface area (Å²) in [5.41, 5.74) is 0.958. The molecule has 1 aliphatic rings. The lowest BCUT2D eigenvalue weighted by Crippen LogP contribution is -1.95. The number of fused-ring (bicyclic) bond motifs is 1. The van der Waals surface area contributed by atoms with Crippen LogP contribution in [0.15, 0.2) is 22.7 Å². The second kappa shape index (κ2) is 2.57. The van der Waals surface area contributed by atoms with E-state index in [0.717, 1.165) is 4.47 Å². The maximum atomic E-state index is 11.0. The van der Waals surface area contributed by atoms with Crippen molar-refractivity contribution in [1.82, 2.24) is 0 Å². The molecule has 2 rings (SSSR count). The standard InChI is InChI=1S/C8H5BrO3/c9-4-1-2-5-6(3-4)8(11)12-7(5)10/h1-3,7,10H/t7-/m1/s1. The van der Waals surface area contributed by atoms with Gasteiger partial charge in [-0.15, -0.1) is 0 Å². The molecule has 1 aliphatic heterocycles. The number of rotatable bonds is 0. The summed E-state index contributed by atoms with van der Waals surface area (Å²) in [6.07, 6.45) is -1.10. The fraction of sp³-hybridized carbons (Fsp3) is 0.125. The highest BCUT2D eigenvalue weighted by molar-refractivity contribution is 9.10. The fourth-order valence-electron chi connectivity index (χ4n) is 1.15. The van der Waals surface area contributed by atoms with E-state index in [0.29, 0.717) is 11.1 Å². The molecule has 0 aromatic heterocycles. The van der Waals surface area contributed by atoms with E-state index >= 15 is 0 Å². The van der Waals surface area contributed by atoms with Crippen molar-refractivity contribution in [3.05, 3.63) is 33.8 Å². The van der Waals surface area contributed by atoms with E-state index in [2.05, 4.69) is 20.7 Å². The van der Waals surface area contributed by atoms with E-state index < -0.39 is 12.3 Å². The maximum Gasteiger partial charge on any atom is 0.341 e. The normalized spacial score (nSPS) is 20.5. The van der Waals surface area contributed by atoms with Crippen molar-refractivity contribution in [1.29, 1.82) is 0 Å². The first-order chi connectivity index (χ1) is 5.68. The van der Waals surface area contributed by atoms with Gasteiger partial charge in [0, 0.05) is 10.0 Å². The molecule has 1 atom stereocenters. The number of aliphatic hydroxyl groups is 1. The van der Waals surface area contributed by atoms with Crippen molar-refractivity contribution in [2.75, 3.05) is 0 Å². The highest BCUT2D eigenvalue weighted by Crippen LogP contribution is 2.30. The number of carbonyl (C=O) groups is 1. The predicted molar refractivity (Wildman–Crippen MR) is 44.5 cm³/mol. The largest absolute Gasteiger partial charge is 0.428 e. The average Bonchev–Trinajstić information content (AvgIpc) is 2.28. The molecule has 0 spiro atoms. The summed E-state index contributed by atoms with van der Waals surface area (Å²) in [5.74, 6) is -0.473. The van der Waals surface area contributed by atoms with E-state index in [9.17, 15) is 9.90 Å². The van der Waals surface area contributed by atoms with Crippen molar-refractivity contribution < 1.29 is 14.6 Å². The van der Waals surface area contributed by atoms with Crippen molar-refractivity contribution in [2.24, 2.45) is 0 Å². The van der Waals surface area contributed by atoms with Gasteiger partial charge in [-0.25, -0.2) is 4.79 Å². The Morgan fingerprint density at radius 2 is 2.25 bits per heavy atom. The number of hydrogen-bond acceptors (Lipinski definition) is 3. The number of carbonyl (C=O) groups excluding carboxylic acids is 1. The topological polar surface area (TPSA) is 46.5 Å². The van der Waals surface area contributed by atoms with Crippen LogP contribution >= 0.6 is 15.9 Å². The van der Waals surface area contributed by atoms with Gasteiger partial charge in [-0.1, -0.05) is 22.0 Å². The lowest BCUT2D eigenvalue weighted by molar-refractivity contribution is -0.0547. The molecular weight excluding hydrogens is 224 g/mol. The molecular formula is C8H5BrO3. The predicted octanol–water partition coefficient (Wildman–Crippen LogP) is 1.61. The molecule has 1 aromatic carbocycles. The van der Waals surface area contributed by atoms with Gasteiger partial charge in [0.2, 0.25) is 6.29 Å². The minimum atomic E-state index is -1.10. The number of halogens is 1. The van der Waals surface area contributed by atoms with Gasteiger partial charge in [-0.05, 0) is 12.1 Å². The lowest BCUT2D eigenvalue weighted by Gasteiger charge is -1.99. The Hall–Kier alpha value is -0.870. The molecule has 1 heterocycles. The number of benzene rings is 1. The summed E-state index contributed by atoms with van der Waals surface area (Å²) in [6, 6.07) is 5.05. The van der Waals surface area contributed by atoms with Gasteiger partial charge in [0.05, 0.1) is 5.56 Å². The number of cyclic esters (lactones) is 1. The van der Waals surface area contributed by atoms with Crippen molar-refractivity contribution >= 4 is 21.9 Å². The molecule has 0 unspecified atom stereocenters. The first kappa shape index (κ1) is 7.76. The van der Waals surface area contributed by atoms with Gasteiger partial charge < -0.3 is 9.84 Å². The molecule has 3 nitrogen and oxygen atoms in total. The summed E-state index contributed by atoms with van der Waals surface area (Å²) in [5, 5.41) is 9.18. The van der Waals surface area contributed by atoms with Crippen LogP contribution in [0, 0.1) is 0 Å². The van der Waals surface area contributed by atoms with E-state index in [1.807, 2.05) is 0 Å². The zero-order valence-corrected chi connectivity index (χ0v) is 7.54. The monoisotopic (exact) mass is 228 g/mol. The summed E-state index contributed by atoms with van der Waals surface area (Å²) in [6.45, 7) is 0. The van der Waals surface area contributed by atoms with E-state index in [1.54, 1.807) is 18.2 Å². The minimum absolute atomic E-state index is 0.428. The number of hydrogen-bond donors (Lipinski definition) is 1. The quantitative estimate of drug-likeness (QED) is 0.687. The first-order valence-corrected chi connectivity index (χ1v) is 4.16. The van der Waals surface area contributed by atoms with Crippen molar-refractivity contribution in [3.63, 3.8) is 0 Å². The van der Waals surface area contributed by atoms with E-state index in [1.165, 1.54) is 0 Å². The third kappa shape index (κ3) is 1.04. The molecule has 1 aromatic rings. The fourth-order valence-corrected chi connectivity index (χ4v) is 1.51. The van der Waals surface area contributed by atoms with E-state index in [-0.39, 0.29) is 0 Å². The summed E-state index contributed by atoms with van der Waals surface area (Å²) in [7, 11) is 0. The van der Waals surface area contributed by atoms with Gasteiger partial charge in [0.1, 0.15) is 0 Å². The molecule has 0 aliphatic carbocycles. The second-order valence-electron chi connectivity index (χ2n) is 2.49. The Balaban J connectivity index is 2.60. The van der Waals surface area contributed by atoms with Gasteiger partial charge >= 0.3 is 5.97 Å². The molecule has 0 bridgehead atoms. The number of aliphatic hydroxyl groups excluding tert-OH is 1. The van der Waals surface area contributed by atoms with Crippen molar-refractivity contribution in [3.8, 4) is 0 Å². The van der Waals surface area contributed by atoms with Gasteiger partial charge in [0.15, 0.2) is 0 Å². The Morgan fingerprint density at radius 3 is 3.00 bits per heavy atom. The van der Waals surface area contributed by atoms with Crippen molar-refractivity contribution in [2.45, 2.75) is 6.29 Å². The van der Waals surface area contributed by atoms with Crippen LogP contribution < -0.4 is 0 Å². The summed E-state index contributed by atoms with van der Waals surface area (Å²) < 4.78 is 5.38. The van der Waals surface area contributed by atoms with Crippen LogP contribution in [0.4, 0.5) is 0 Å². The Morgan fingerprint density at radius 1 is 1.50 bits per heavy atom. The third-order valence-electron chi connectivity index (χ3n) is 1.72.